The van der Waals surface area contributed by atoms with Gasteiger partial charge in [0.25, 0.3) is 0 Å². The lowest BCUT2D eigenvalue weighted by atomic mass is 10.1. The van der Waals surface area contributed by atoms with Crippen molar-refractivity contribution >= 4 is 5.91 Å². The predicted octanol–water partition coefficient (Wildman–Crippen LogP) is 1.15. The van der Waals surface area contributed by atoms with Crippen LogP contribution in [0.3, 0.4) is 0 Å². The molecule has 0 spiro atoms. The monoisotopic (exact) mass is 286 g/mol. The van der Waals surface area contributed by atoms with Gasteiger partial charge in [-0.15, -0.1) is 0 Å². The van der Waals surface area contributed by atoms with E-state index in [1.165, 1.54) is 6.42 Å². The van der Waals surface area contributed by atoms with Crippen LogP contribution in [0.25, 0.3) is 0 Å². The molecule has 2 unspecified atom stereocenters. The molecule has 0 aliphatic carbocycles. The van der Waals surface area contributed by atoms with Gasteiger partial charge in [-0.2, -0.15) is 0 Å². The first kappa shape index (κ1) is 17.4. The number of nitrogens with zero attached hydrogens (tertiary/aromatic N) is 1. The van der Waals surface area contributed by atoms with Crippen LogP contribution in [0.2, 0.25) is 0 Å². The number of aliphatic hydroxyl groups excluding tert-OH is 1. The molecule has 0 bridgehead atoms. The first-order valence-electron chi connectivity index (χ1n) is 7.93. The van der Waals surface area contributed by atoms with Crippen molar-refractivity contribution in [2.45, 2.75) is 58.1 Å². The molecule has 1 saturated heterocycles. The summed E-state index contributed by atoms with van der Waals surface area (Å²) in [6.07, 6.45) is 4.99. The molecule has 5 heteroatoms. The highest BCUT2D eigenvalue weighted by molar-refractivity contribution is 5.81. The van der Waals surface area contributed by atoms with Crippen molar-refractivity contribution in [3.8, 4) is 0 Å². The van der Waals surface area contributed by atoms with Gasteiger partial charge < -0.3 is 20.1 Å². The van der Waals surface area contributed by atoms with Crippen LogP contribution < -0.4 is 5.32 Å². The van der Waals surface area contributed by atoms with Crippen molar-refractivity contribution in [3.63, 3.8) is 0 Å². The van der Waals surface area contributed by atoms with Gasteiger partial charge in [-0.05, 0) is 32.6 Å². The third-order valence-corrected chi connectivity index (χ3v) is 3.65. The minimum atomic E-state index is -0.552. The van der Waals surface area contributed by atoms with Crippen LogP contribution >= 0.6 is 0 Å². The van der Waals surface area contributed by atoms with Gasteiger partial charge in [0.05, 0.1) is 18.8 Å². The molecular weight excluding hydrogens is 256 g/mol. The summed E-state index contributed by atoms with van der Waals surface area (Å²) in [5, 5.41) is 12.9. The molecule has 0 aromatic heterocycles. The average Bonchev–Trinajstić information content (AvgIpc) is 2.49. The zero-order valence-corrected chi connectivity index (χ0v) is 12.9. The van der Waals surface area contributed by atoms with E-state index in [0.29, 0.717) is 19.8 Å². The summed E-state index contributed by atoms with van der Waals surface area (Å²) in [7, 11) is 0. The summed E-state index contributed by atoms with van der Waals surface area (Å²) in [5.41, 5.74) is 0. The number of unbranched alkanes of at least 4 members (excludes halogenated alkanes) is 1. The van der Waals surface area contributed by atoms with E-state index in [2.05, 4.69) is 12.2 Å². The van der Waals surface area contributed by atoms with Crippen molar-refractivity contribution in [1.82, 2.24) is 10.2 Å². The molecule has 0 aromatic rings. The molecule has 118 valence electrons. The van der Waals surface area contributed by atoms with E-state index >= 15 is 0 Å². The lowest BCUT2D eigenvalue weighted by Gasteiger charge is -2.29. The Hall–Kier alpha value is -0.650. The zero-order valence-electron chi connectivity index (χ0n) is 12.9. The lowest BCUT2D eigenvalue weighted by molar-refractivity contribution is -0.134. The molecule has 1 amide bonds. The summed E-state index contributed by atoms with van der Waals surface area (Å²) in [4.78, 5) is 14.1. The number of hydrogen-bond donors (Lipinski definition) is 2. The van der Waals surface area contributed by atoms with Gasteiger partial charge in [0, 0.05) is 26.2 Å². The van der Waals surface area contributed by atoms with Crippen molar-refractivity contribution in [2.24, 2.45) is 0 Å². The van der Waals surface area contributed by atoms with E-state index in [0.717, 1.165) is 38.8 Å². The summed E-state index contributed by atoms with van der Waals surface area (Å²) >= 11 is 0. The maximum atomic E-state index is 12.2. The number of carbonyl (C=O) groups is 1. The van der Waals surface area contributed by atoms with E-state index in [1.807, 2.05) is 11.8 Å². The van der Waals surface area contributed by atoms with Gasteiger partial charge in [-0.1, -0.05) is 13.3 Å². The van der Waals surface area contributed by atoms with Gasteiger partial charge >= 0.3 is 0 Å². The highest BCUT2D eigenvalue weighted by Gasteiger charge is 2.22. The molecule has 2 atom stereocenters. The second-order valence-corrected chi connectivity index (χ2v) is 5.60. The fourth-order valence-corrected chi connectivity index (χ4v) is 2.31. The van der Waals surface area contributed by atoms with Crippen molar-refractivity contribution in [1.29, 1.82) is 0 Å². The smallest absolute Gasteiger partial charge is 0.239 e. The van der Waals surface area contributed by atoms with Gasteiger partial charge in [0.15, 0.2) is 0 Å². The van der Waals surface area contributed by atoms with E-state index in [1.54, 1.807) is 0 Å². The summed E-state index contributed by atoms with van der Waals surface area (Å²) in [5.74, 6) is 0.142. The zero-order chi connectivity index (χ0) is 14.8. The Balaban J connectivity index is 2.14. The number of ether oxygens (including phenoxy) is 1. The predicted molar refractivity (Wildman–Crippen MR) is 79.6 cm³/mol. The Bertz CT molecular complexity index is 268. The van der Waals surface area contributed by atoms with E-state index < -0.39 is 6.10 Å². The molecule has 1 rings (SSSR count). The molecule has 1 aliphatic rings. The minimum absolute atomic E-state index is 0.142. The lowest BCUT2D eigenvalue weighted by Crippen LogP contribution is -2.48. The third kappa shape index (κ3) is 6.68. The fourth-order valence-electron chi connectivity index (χ4n) is 2.31. The van der Waals surface area contributed by atoms with Crippen LogP contribution in [0.4, 0.5) is 0 Å². The number of rotatable bonds is 9. The number of hydrogen-bond acceptors (Lipinski definition) is 4. The van der Waals surface area contributed by atoms with Crippen molar-refractivity contribution < 1.29 is 14.6 Å². The number of piperidine rings is 1. The average molecular weight is 286 g/mol. The number of likely N-dealkylation sites (tertiary alicyclic amines) is 1. The second-order valence-electron chi connectivity index (χ2n) is 5.60. The highest BCUT2D eigenvalue weighted by atomic mass is 16.5. The van der Waals surface area contributed by atoms with Crippen LogP contribution in [-0.2, 0) is 9.53 Å². The topological polar surface area (TPSA) is 61.8 Å². The summed E-state index contributed by atoms with van der Waals surface area (Å²) in [6.45, 7) is 7.12. The van der Waals surface area contributed by atoms with Crippen LogP contribution in [0.5, 0.6) is 0 Å². The number of amides is 1. The van der Waals surface area contributed by atoms with Gasteiger partial charge in [-0.3, -0.25) is 4.79 Å². The first-order valence-corrected chi connectivity index (χ1v) is 7.93. The second kappa shape index (κ2) is 10.1. The fraction of sp³-hybridized carbons (Fsp3) is 0.933. The standard InChI is InChI=1S/C15H30N2O3/c1-3-4-10-20-12-14(18)11-16-13(2)15(19)17-8-6-5-7-9-17/h13-14,16,18H,3-12H2,1-2H3. The molecule has 1 aliphatic heterocycles. The van der Waals surface area contributed by atoms with E-state index in [-0.39, 0.29) is 11.9 Å². The Labute approximate surface area is 122 Å². The number of aliphatic hydroxyl groups is 1. The Morgan fingerprint density at radius 2 is 2.05 bits per heavy atom. The SMILES string of the molecule is CCCCOCC(O)CNC(C)C(=O)N1CCCCC1. The number of nitrogens with one attached hydrogen (secondary N) is 1. The highest BCUT2D eigenvalue weighted by Crippen LogP contribution is 2.09. The van der Waals surface area contributed by atoms with Gasteiger partial charge in [-0.25, -0.2) is 0 Å². The van der Waals surface area contributed by atoms with Crippen LogP contribution in [0, 0.1) is 0 Å². The van der Waals surface area contributed by atoms with Crippen molar-refractivity contribution in [3.05, 3.63) is 0 Å². The Kier molecular flexibility index (Phi) is 8.82. The van der Waals surface area contributed by atoms with Crippen LogP contribution in [0.15, 0.2) is 0 Å². The Morgan fingerprint density at radius 1 is 1.35 bits per heavy atom. The normalized spacial score (nSPS) is 18.9. The largest absolute Gasteiger partial charge is 0.389 e. The molecule has 1 fully saturated rings. The minimum Gasteiger partial charge on any atom is -0.389 e. The van der Waals surface area contributed by atoms with Gasteiger partial charge in [0.1, 0.15) is 0 Å². The molecule has 5 nitrogen and oxygen atoms in total. The third-order valence-electron chi connectivity index (χ3n) is 3.65. The van der Waals surface area contributed by atoms with Crippen molar-refractivity contribution in [2.75, 3.05) is 32.8 Å². The van der Waals surface area contributed by atoms with Crippen LogP contribution in [-0.4, -0.2) is 60.9 Å². The first-order chi connectivity index (χ1) is 9.65. The van der Waals surface area contributed by atoms with Gasteiger partial charge in [0.2, 0.25) is 5.91 Å². The molecule has 20 heavy (non-hydrogen) atoms. The summed E-state index contributed by atoms with van der Waals surface area (Å²) < 4.78 is 5.36. The molecule has 0 aromatic carbocycles. The molecule has 0 saturated carbocycles. The van der Waals surface area contributed by atoms with E-state index in [4.69, 9.17) is 4.74 Å². The number of carbonyl (C=O) groups excluding carboxylic acids is 1. The molecular formula is C15H30N2O3. The van der Waals surface area contributed by atoms with Crippen LogP contribution in [0.1, 0.15) is 46.0 Å². The Morgan fingerprint density at radius 3 is 2.70 bits per heavy atom. The molecule has 1 heterocycles. The summed E-state index contributed by atoms with van der Waals surface area (Å²) in [6, 6.07) is -0.238. The maximum Gasteiger partial charge on any atom is 0.239 e. The molecule has 2 N–H and O–H groups in total. The maximum absolute atomic E-state index is 12.2. The van der Waals surface area contributed by atoms with E-state index in [9.17, 15) is 9.90 Å². The molecule has 0 radical (unpaired) electrons. The quantitative estimate of drug-likeness (QED) is 0.624.